The van der Waals surface area contributed by atoms with E-state index in [1.54, 1.807) is 31.4 Å². The second kappa shape index (κ2) is 11.6. The number of ether oxygens (including phenoxy) is 1. The van der Waals surface area contributed by atoms with E-state index >= 15 is 0 Å². The Hall–Kier alpha value is -3.02. The summed E-state index contributed by atoms with van der Waals surface area (Å²) in [5.41, 5.74) is 2.01. The van der Waals surface area contributed by atoms with Gasteiger partial charge in [-0.1, -0.05) is 50.6 Å². The Balaban J connectivity index is 1.55. The molecule has 2 aromatic carbocycles. The fourth-order valence-electron chi connectivity index (χ4n) is 4.17. The zero-order valence-electron chi connectivity index (χ0n) is 19.3. The summed E-state index contributed by atoms with van der Waals surface area (Å²) < 4.78 is 5.15. The van der Waals surface area contributed by atoms with E-state index in [1.165, 1.54) is 5.56 Å². The zero-order chi connectivity index (χ0) is 22.9. The van der Waals surface area contributed by atoms with Gasteiger partial charge in [-0.05, 0) is 60.9 Å². The van der Waals surface area contributed by atoms with Gasteiger partial charge in [0.05, 0.1) is 7.11 Å². The van der Waals surface area contributed by atoms with Gasteiger partial charge < -0.3 is 20.3 Å². The number of carbonyl (C=O) groups is 2. The third kappa shape index (κ3) is 6.49. The quantitative estimate of drug-likeness (QED) is 0.628. The molecule has 2 aromatic rings. The molecule has 2 atom stereocenters. The maximum atomic E-state index is 13.3. The van der Waals surface area contributed by atoms with Gasteiger partial charge >= 0.3 is 6.03 Å². The van der Waals surface area contributed by atoms with E-state index in [-0.39, 0.29) is 17.9 Å². The number of methoxy groups -OCH3 is 1. The number of anilines is 1. The van der Waals surface area contributed by atoms with Crippen LogP contribution in [0.1, 0.15) is 38.7 Å². The Labute approximate surface area is 191 Å². The minimum Gasteiger partial charge on any atom is -0.497 e. The Bertz CT molecular complexity index is 862. The third-order valence-electron chi connectivity index (χ3n) is 6.41. The smallest absolute Gasteiger partial charge is 0.319 e. The normalized spacial score (nSPS) is 16.2. The summed E-state index contributed by atoms with van der Waals surface area (Å²) in [6, 6.07) is 16.7. The van der Waals surface area contributed by atoms with Crippen molar-refractivity contribution in [3.63, 3.8) is 0 Å². The van der Waals surface area contributed by atoms with Gasteiger partial charge in [0.2, 0.25) is 5.91 Å². The summed E-state index contributed by atoms with van der Waals surface area (Å²) in [5, 5.41) is 5.74. The summed E-state index contributed by atoms with van der Waals surface area (Å²) in [4.78, 5) is 27.8. The average molecular weight is 438 g/mol. The number of nitrogens with one attached hydrogen (secondary N) is 2. The molecule has 0 bridgehead atoms. The summed E-state index contributed by atoms with van der Waals surface area (Å²) in [5.74, 6) is 1.38. The average Bonchev–Trinajstić information content (AvgIpc) is 2.83. The predicted molar refractivity (Wildman–Crippen MR) is 128 cm³/mol. The fourth-order valence-corrected chi connectivity index (χ4v) is 4.17. The van der Waals surface area contributed by atoms with E-state index in [4.69, 9.17) is 4.74 Å². The highest BCUT2D eigenvalue weighted by Crippen LogP contribution is 2.23. The molecule has 3 amide bonds. The van der Waals surface area contributed by atoms with Gasteiger partial charge in [-0.3, -0.25) is 4.79 Å². The van der Waals surface area contributed by atoms with Crippen molar-refractivity contribution in [2.75, 3.05) is 25.5 Å². The van der Waals surface area contributed by atoms with Crippen LogP contribution in [0.2, 0.25) is 0 Å². The molecule has 0 saturated carbocycles. The van der Waals surface area contributed by atoms with Crippen molar-refractivity contribution in [3.05, 3.63) is 60.2 Å². The lowest BCUT2D eigenvalue weighted by atomic mass is 9.89. The molecule has 1 aliphatic rings. The van der Waals surface area contributed by atoms with Gasteiger partial charge in [0, 0.05) is 18.8 Å². The molecule has 0 aliphatic carbocycles. The molecule has 1 aliphatic heterocycles. The Morgan fingerprint density at radius 2 is 1.72 bits per heavy atom. The first-order chi connectivity index (χ1) is 15.5. The highest BCUT2D eigenvalue weighted by Gasteiger charge is 2.32. The third-order valence-corrected chi connectivity index (χ3v) is 6.41. The molecule has 6 heteroatoms. The molecule has 0 spiro atoms. The Kier molecular flexibility index (Phi) is 8.54. The molecule has 0 unspecified atom stereocenters. The van der Waals surface area contributed by atoms with Crippen molar-refractivity contribution in [2.45, 2.75) is 45.6 Å². The highest BCUT2D eigenvalue weighted by molar-refractivity contribution is 5.94. The number of rotatable bonds is 8. The molecule has 0 radical (unpaired) electrons. The number of piperidine rings is 1. The number of carbonyl (C=O) groups excluding carboxylic acids is 2. The summed E-state index contributed by atoms with van der Waals surface area (Å²) >= 11 is 0. The second-order valence-corrected chi connectivity index (χ2v) is 8.65. The van der Waals surface area contributed by atoms with Crippen LogP contribution in [0.15, 0.2) is 54.6 Å². The summed E-state index contributed by atoms with van der Waals surface area (Å²) in [6.45, 7) is 5.54. The van der Waals surface area contributed by atoms with Crippen LogP contribution in [0.3, 0.4) is 0 Å². The van der Waals surface area contributed by atoms with Crippen molar-refractivity contribution >= 4 is 17.6 Å². The SMILES string of the molecule is CC[C@@H](C)[C@@H](NC(=O)Nc1ccc(OC)cc1)C(=O)N1CCC(Cc2ccccc2)CC1. The lowest BCUT2D eigenvalue weighted by Gasteiger charge is -2.36. The molecular weight excluding hydrogens is 402 g/mol. The van der Waals surface area contributed by atoms with Crippen LogP contribution < -0.4 is 15.4 Å². The molecule has 1 fully saturated rings. The summed E-state index contributed by atoms with van der Waals surface area (Å²) in [6.07, 6.45) is 3.85. The number of hydrogen-bond acceptors (Lipinski definition) is 3. The van der Waals surface area contributed by atoms with E-state index in [0.29, 0.717) is 11.6 Å². The lowest BCUT2D eigenvalue weighted by Crippen LogP contribution is -2.54. The number of nitrogens with zero attached hydrogens (tertiary/aromatic N) is 1. The molecule has 6 nitrogen and oxygen atoms in total. The largest absolute Gasteiger partial charge is 0.497 e. The second-order valence-electron chi connectivity index (χ2n) is 8.65. The maximum Gasteiger partial charge on any atom is 0.319 e. The first kappa shape index (κ1) is 23.6. The fraction of sp³-hybridized carbons (Fsp3) is 0.462. The van der Waals surface area contributed by atoms with Crippen LogP contribution in [-0.4, -0.2) is 43.1 Å². The number of amides is 3. The minimum absolute atomic E-state index is 0.0161. The van der Waals surface area contributed by atoms with Crippen molar-refractivity contribution < 1.29 is 14.3 Å². The number of benzene rings is 2. The maximum absolute atomic E-state index is 13.3. The van der Waals surface area contributed by atoms with Gasteiger partial charge in [-0.15, -0.1) is 0 Å². The van der Waals surface area contributed by atoms with Crippen molar-refractivity contribution in [1.29, 1.82) is 0 Å². The van der Waals surface area contributed by atoms with Crippen molar-refractivity contribution in [1.82, 2.24) is 10.2 Å². The zero-order valence-corrected chi connectivity index (χ0v) is 19.3. The van der Waals surface area contributed by atoms with Crippen LogP contribution >= 0.6 is 0 Å². The van der Waals surface area contributed by atoms with E-state index in [2.05, 4.69) is 34.9 Å². The Morgan fingerprint density at radius 3 is 2.31 bits per heavy atom. The molecule has 172 valence electrons. The van der Waals surface area contributed by atoms with Crippen molar-refractivity contribution in [2.24, 2.45) is 11.8 Å². The van der Waals surface area contributed by atoms with Crippen molar-refractivity contribution in [3.8, 4) is 5.75 Å². The van der Waals surface area contributed by atoms with Gasteiger partial charge in [0.15, 0.2) is 0 Å². The first-order valence-electron chi connectivity index (χ1n) is 11.5. The standard InChI is InChI=1S/C26H35N3O3/c1-4-19(2)24(28-26(31)27-22-10-12-23(32-3)13-11-22)25(30)29-16-14-21(15-17-29)18-20-8-6-5-7-9-20/h5-13,19,21,24H,4,14-18H2,1-3H3,(H2,27,28,31)/t19-,24-/m1/s1. The Morgan fingerprint density at radius 1 is 1.06 bits per heavy atom. The molecule has 1 saturated heterocycles. The lowest BCUT2D eigenvalue weighted by molar-refractivity contribution is -0.135. The molecule has 2 N–H and O–H groups in total. The predicted octanol–water partition coefficient (Wildman–Crippen LogP) is 4.71. The van der Waals surface area contributed by atoms with Crippen LogP contribution in [-0.2, 0) is 11.2 Å². The van der Waals surface area contributed by atoms with Crippen LogP contribution in [0, 0.1) is 11.8 Å². The minimum atomic E-state index is -0.538. The van der Waals surface area contributed by atoms with E-state index < -0.39 is 6.04 Å². The number of likely N-dealkylation sites (tertiary alicyclic amines) is 1. The van der Waals surface area contributed by atoms with Crippen LogP contribution in [0.4, 0.5) is 10.5 Å². The van der Waals surface area contributed by atoms with Crippen LogP contribution in [0.5, 0.6) is 5.75 Å². The molecule has 3 rings (SSSR count). The topological polar surface area (TPSA) is 70.7 Å². The molecule has 32 heavy (non-hydrogen) atoms. The summed E-state index contributed by atoms with van der Waals surface area (Å²) in [7, 11) is 1.60. The van der Waals surface area contributed by atoms with Crippen LogP contribution in [0.25, 0.3) is 0 Å². The van der Waals surface area contributed by atoms with Gasteiger partial charge in [0.1, 0.15) is 11.8 Å². The first-order valence-corrected chi connectivity index (χ1v) is 11.5. The van der Waals surface area contributed by atoms with E-state index in [1.807, 2.05) is 24.8 Å². The van der Waals surface area contributed by atoms with E-state index in [9.17, 15) is 9.59 Å². The highest BCUT2D eigenvalue weighted by atomic mass is 16.5. The molecular formula is C26H35N3O3. The van der Waals surface area contributed by atoms with E-state index in [0.717, 1.165) is 44.5 Å². The monoisotopic (exact) mass is 437 g/mol. The van der Waals surface area contributed by atoms with Gasteiger partial charge in [-0.25, -0.2) is 4.79 Å². The molecule has 1 heterocycles. The molecule has 0 aromatic heterocycles. The number of urea groups is 1. The van der Waals surface area contributed by atoms with Gasteiger partial charge in [0.25, 0.3) is 0 Å². The number of hydrogen-bond donors (Lipinski definition) is 2. The van der Waals surface area contributed by atoms with Gasteiger partial charge in [-0.2, -0.15) is 0 Å².